The van der Waals surface area contributed by atoms with E-state index in [9.17, 15) is 15.0 Å². The normalized spacial score (nSPS) is 13.0. The number of aliphatic hydroxyl groups is 2. The molecule has 2 unspecified atom stereocenters. The summed E-state index contributed by atoms with van der Waals surface area (Å²) in [5, 5.41) is 23.1. The highest BCUT2D eigenvalue weighted by Crippen LogP contribution is 2.17. The van der Waals surface area contributed by atoms with Crippen LogP contribution >= 0.6 is 0 Å². The maximum atomic E-state index is 12.4. The minimum absolute atomic E-state index is 0.0673. The van der Waals surface area contributed by atoms with Gasteiger partial charge in [0.2, 0.25) is 5.91 Å². The zero-order valence-corrected chi connectivity index (χ0v) is 39.6. The summed E-state index contributed by atoms with van der Waals surface area (Å²) in [5.74, 6) is -0.0673. The maximum Gasteiger partial charge on any atom is 0.220 e. The van der Waals surface area contributed by atoms with Crippen molar-refractivity contribution in [3.8, 4) is 0 Å². The molecule has 0 aromatic heterocycles. The number of unbranched alkanes of at least 4 members (excludes halogenated alkanes) is 40. The van der Waals surface area contributed by atoms with E-state index in [0.717, 1.165) is 32.1 Å². The number of amides is 1. The summed E-state index contributed by atoms with van der Waals surface area (Å²) in [6.45, 7) is 4.33. The Kier molecular flexibility index (Phi) is 49.2. The molecule has 0 bridgehead atoms. The molecule has 0 aliphatic carbocycles. The van der Waals surface area contributed by atoms with Crippen LogP contribution in [0.3, 0.4) is 0 Å². The Morgan fingerprint density at radius 1 is 0.397 bits per heavy atom. The number of rotatable bonds is 49. The molecule has 0 aromatic rings. The van der Waals surface area contributed by atoms with Crippen molar-refractivity contribution in [3.05, 3.63) is 24.3 Å². The Hall–Kier alpha value is -1.13. The third-order valence-corrected chi connectivity index (χ3v) is 12.4. The molecular weight excluding hydrogens is 711 g/mol. The van der Waals surface area contributed by atoms with Crippen LogP contribution in [0.5, 0.6) is 0 Å². The summed E-state index contributed by atoms with van der Waals surface area (Å²) >= 11 is 0. The van der Waals surface area contributed by atoms with E-state index < -0.39 is 12.1 Å². The van der Waals surface area contributed by atoms with Crippen LogP contribution in [0.1, 0.15) is 296 Å². The molecule has 4 nitrogen and oxygen atoms in total. The summed E-state index contributed by atoms with van der Waals surface area (Å²) in [4.78, 5) is 12.4. The number of hydrogen-bond donors (Lipinski definition) is 3. The second kappa shape index (κ2) is 50.2. The minimum Gasteiger partial charge on any atom is -0.394 e. The molecule has 0 aliphatic heterocycles. The first-order valence-electron chi connectivity index (χ1n) is 26.6. The van der Waals surface area contributed by atoms with Gasteiger partial charge in [-0.3, -0.25) is 4.79 Å². The molecule has 344 valence electrons. The van der Waals surface area contributed by atoms with Crippen molar-refractivity contribution in [2.45, 2.75) is 309 Å². The number of nitrogens with one attached hydrogen (secondary N) is 1. The summed E-state index contributed by atoms with van der Waals surface area (Å²) in [5.41, 5.74) is 0. The number of aliphatic hydroxyl groups excluding tert-OH is 2. The standard InChI is InChI=1S/C54H105NO3/c1-3-5-7-9-11-13-15-17-19-21-23-25-26-27-28-30-32-34-36-38-40-42-44-46-48-50-54(58)55-52(51-56)53(57)49-47-45-43-41-39-37-35-33-31-29-24-22-20-18-16-14-12-10-8-6-4-2/h39,41,47,49,52-53,56-57H,3-38,40,42-46,48,50-51H2,1-2H3,(H,55,58)/b41-39+,49-47+. The molecule has 4 heteroatoms. The molecule has 0 heterocycles. The van der Waals surface area contributed by atoms with Crippen molar-refractivity contribution < 1.29 is 15.0 Å². The van der Waals surface area contributed by atoms with E-state index in [4.69, 9.17) is 0 Å². The van der Waals surface area contributed by atoms with Gasteiger partial charge >= 0.3 is 0 Å². The van der Waals surface area contributed by atoms with Gasteiger partial charge in [-0.25, -0.2) is 0 Å². The first kappa shape index (κ1) is 56.9. The Bertz CT molecular complexity index is 840. The third kappa shape index (κ3) is 45.9. The van der Waals surface area contributed by atoms with Gasteiger partial charge in [0.25, 0.3) is 0 Å². The average Bonchev–Trinajstić information content (AvgIpc) is 3.23. The van der Waals surface area contributed by atoms with Crippen molar-refractivity contribution in [3.63, 3.8) is 0 Å². The smallest absolute Gasteiger partial charge is 0.220 e. The molecule has 0 rings (SSSR count). The van der Waals surface area contributed by atoms with Crippen LogP contribution in [0.2, 0.25) is 0 Å². The van der Waals surface area contributed by atoms with Crippen LogP contribution < -0.4 is 5.32 Å². The number of carbonyl (C=O) groups is 1. The Balaban J connectivity index is 3.50. The first-order valence-corrected chi connectivity index (χ1v) is 26.6. The maximum absolute atomic E-state index is 12.4. The van der Waals surface area contributed by atoms with Crippen molar-refractivity contribution in [2.75, 3.05) is 6.61 Å². The van der Waals surface area contributed by atoms with Gasteiger partial charge in [0.05, 0.1) is 18.8 Å². The van der Waals surface area contributed by atoms with Crippen molar-refractivity contribution in [1.82, 2.24) is 5.32 Å². The Labute approximate surface area is 364 Å². The van der Waals surface area contributed by atoms with Crippen molar-refractivity contribution in [1.29, 1.82) is 0 Å². The summed E-state index contributed by atoms with van der Waals surface area (Å²) < 4.78 is 0. The predicted octanol–water partition coefficient (Wildman–Crippen LogP) is 17.1. The summed E-state index contributed by atoms with van der Waals surface area (Å²) in [6.07, 6.45) is 66.1. The van der Waals surface area contributed by atoms with E-state index in [1.54, 1.807) is 6.08 Å². The van der Waals surface area contributed by atoms with E-state index in [1.165, 1.54) is 244 Å². The van der Waals surface area contributed by atoms with E-state index >= 15 is 0 Å². The molecule has 0 radical (unpaired) electrons. The molecule has 0 fully saturated rings. The summed E-state index contributed by atoms with van der Waals surface area (Å²) in [7, 11) is 0. The van der Waals surface area contributed by atoms with Gasteiger partial charge in [-0.05, 0) is 32.1 Å². The molecule has 0 aromatic carbocycles. The number of allylic oxidation sites excluding steroid dienone is 3. The molecule has 1 amide bonds. The lowest BCUT2D eigenvalue weighted by atomic mass is 10.0. The second-order valence-corrected chi connectivity index (χ2v) is 18.3. The highest BCUT2D eigenvalue weighted by Gasteiger charge is 2.18. The largest absolute Gasteiger partial charge is 0.394 e. The van der Waals surface area contributed by atoms with Crippen molar-refractivity contribution >= 4 is 5.91 Å². The Morgan fingerprint density at radius 2 is 0.672 bits per heavy atom. The van der Waals surface area contributed by atoms with E-state index in [0.29, 0.717) is 6.42 Å². The lowest BCUT2D eigenvalue weighted by Gasteiger charge is -2.19. The van der Waals surface area contributed by atoms with Crippen LogP contribution in [-0.2, 0) is 4.79 Å². The molecule has 2 atom stereocenters. The monoisotopic (exact) mass is 816 g/mol. The van der Waals surface area contributed by atoms with Gasteiger partial charge < -0.3 is 15.5 Å². The lowest BCUT2D eigenvalue weighted by molar-refractivity contribution is -0.123. The van der Waals surface area contributed by atoms with Gasteiger partial charge in [-0.15, -0.1) is 0 Å². The van der Waals surface area contributed by atoms with Crippen LogP contribution in [0.15, 0.2) is 24.3 Å². The molecule has 0 spiro atoms. The minimum atomic E-state index is -0.859. The average molecular weight is 816 g/mol. The van der Waals surface area contributed by atoms with Gasteiger partial charge in [-0.2, -0.15) is 0 Å². The van der Waals surface area contributed by atoms with Gasteiger partial charge in [0.1, 0.15) is 0 Å². The molecule has 3 N–H and O–H groups in total. The topological polar surface area (TPSA) is 69.6 Å². The second-order valence-electron chi connectivity index (χ2n) is 18.3. The van der Waals surface area contributed by atoms with Crippen LogP contribution in [0.25, 0.3) is 0 Å². The number of hydrogen-bond acceptors (Lipinski definition) is 3. The van der Waals surface area contributed by atoms with Gasteiger partial charge in [0, 0.05) is 6.42 Å². The molecule has 0 saturated heterocycles. The third-order valence-electron chi connectivity index (χ3n) is 12.4. The first-order chi connectivity index (χ1) is 28.7. The van der Waals surface area contributed by atoms with E-state index in [2.05, 4.69) is 31.3 Å². The fourth-order valence-electron chi connectivity index (χ4n) is 8.37. The molecule has 0 aliphatic rings. The van der Waals surface area contributed by atoms with Gasteiger partial charge in [-0.1, -0.05) is 282 Å². The quantitative estimate of drug-likeness (QED) is 0.0423. The zero-order chi connectivity index (χ0) is 42.1. The van der Waals surface area contributed by atoms with Crippen molar-refractivity contribution in [2.24, 2.45) is 0 Å². The van der Waals surface area contributed by atoms with Gasteiger partial charge in [0.15, 0.2) is 0 Å². The fraction of sp³-hybridized carbons (Fsp3) is 0.907. The van der Waals surface area contributed by atoms with Crippen LogP contribution in [0, 0.1) is 0 Å². The van der Waals surface area contributed by atoms with Crippen LogP contribution in [0.4, 0.5) is 0 Å². The van der Waals surface area contributed by atoms with Crippen LogP contribution in [-0.4, -0.2) is 34.9 Å². The summed E-state index contributed by atoms with van der Waals surface area (Å²) in [6, 6.07) is -0.636. The molecular formula is C54H105NO3. The SMILES string of the molecule is CCCCCCCCCCCCCCCCC/C=C/CC/C=C/C(O)C(CO)NC(=O)CCCCCCCCCCCCCCCCCCCCCCCCCCC. The highest BCUT2D eigenvalue weighted by molar-refractivity contribution is 5.76. The predicted molar refractivity (Wildman–Crippen MR) is 258 cm³/mol. The molecule has 0 saturated carbocycles. The Morgan fingerprint density at radius 3 is 1.00 bits per heavy atom. The number of carbonyl (C=O) groups excluding carboxylic acids is 1. The highest BCUT2D eigenvalue weighted by atomic mass is 16.3. The lowest BCUT2D eigenvalue weighted by Crippen LogP contribution is -2.45. The zero-order valence-electron chi connectivity index (χ0n) is 39.6. The van der Waals surface area contributed by atoms with E-state index in [1.807, 2.05) is 6.08 Å². The van der Waals surface area contributed by atoms with E-state index in [-0.39, 0.29) is 12.5 Å². The molecule has 58 heavy (non-hydrogen) atoms. The fourth-order valence-corrected chi connectivity index (χ4v) is 8.37.